The van der Waals surface area contributed by atoms with Gasteiger partial charge in [-0.15, -0.1) is 12.6 Å². The van der Waals surface area contributed by atoms with Gasteiger partial charge in [-0.1, -0.05) is 30.3 Å². The molecule has 5 heteroatoms. The van der Waals surface area contributed by atoms with Crippen molar-refractivity contribution in [1.82, 2.24) is 15.0 Å². The van der Waals surface area contributed by atoms with E-state index >= 15 is 0 Å². The lowest BCUT2D eigenvalue weighted by Crippen LogP contribution is -1.84. The Morgan fingerprint density at radius 1 is 1.12 bits per heavy atom. The highest BCUT2D eigenvalue weighted by Crippen LogP contribution is 2.27. The number of aromatic amines is 1. The van der Waals surface area contributed by atoms with Crippen LogP contribution in [0.2, 0.25) is 0 Å². The first kappa shape index (κ1) is 10.2. The molecule has 3 aromatic rings. The van der Waals surface area contributed by atoms with E-state index in [1.54, 1.807) is 0 Å². The molecule has 0 saturated carbocycles. The minimum Gasteiger partial charge on any atom is -0.492 e. The number of nitrogens with zero attached hydrogens (tertiary/aromatic N) is 2. The Morgan fingerprint density at radius 2 is 1.88 bits per heavy atom. The summed E-state index contributed by atoms with van der Waals surface area (Å²) >= 11 is 4.03. The fraction of sp³-hybridized carbons (Fsp3) is 0. The summed E-state index contributed by atoms with van der Waals surface area (Å²) in [6, 6.07) is 11.7. The first-order valence-electron chi connectivity index (χ1n) is 5.08. The van der Waals surface area contributed by atoms with Crippen LogP contribution in [0.5, 0.6) is 5.88 Å². The van der Waals surface area contributed by atoms with Crippen molar-refractivity contribution in [2.45, 2.75) is 5.16 Å². The Morgan fingerprint density at radius 3 is 2.65 bits per heavy atom. The van der Waals surface area contributed by atoms with Crippen molar-refractivity contribution in [2.75, 3.05) is 0 Å². The van der Waals surface area contributed by atoms with Gasteiger partial charge in [0.25, 0.3) is 0 Å². The Kier molecular flexibility index (Phi) is 2.26. The van der Waals surface area contributed by atoms with Crippen LogP contribution >= 0.6 is 12.6 Å². The van der Waals surface area contributed by atoms with Crippen molar-refractivity contribution >= 4 is 23.7 Å². The highest BCUT2D eigenvalue weighted by atomic mass is 32.1. The van der Waals surface area contributed by atoms with E-state index in [0.29, 0.717) is 11.0 Å². The third kappa shape index (κ3) is 1.74. The molecule has 84 valence electrons. The van der Waals surface area contributed by atoms with Crippen molar-refractivity contribution in [3.63, 3.8) is 0 Å². The average Bonchev–Trinajstić information content (AvgIpc) is 2.74. The van der Waals surface area contributed by atoms with Gasteiger partial charge in [-0.25, -0.2) is 4.98 Å². The quantitative estimate of drug-likeness (QED) is 0.455. The lowest BCUT2D eigenvalue weighted by atomic mass is 10.2. The predicted octanol–water partition coefficient (Wildman–Crippen LogP) is 2.62. The van der Waals surface area contributed by atoms with Gasteiger partial charge in [0.1, 0.15) is 5.52 Å². The standard InChI is InChI=1S/C12H9N3OS/c16-11-10-9(14-12(17)15-11)6-8(13-10)7-4-2-1-3-5-7/h1-6,13H,(H2,14,15,16,17). The van der Waals surface area contributed by atoms with Crippen LogP contribution in [0.25, 0.3) is 22.3 Å². The van der Waals surface area contributed by atoms with Crippen LogP contribution < -0.4 is 0 Å². The van der Waals surface area contributed by atoms with E-state index in [0.717, 1.165) is 11.3 Å². The van der Waals surface area contributed by atoms with Gasteiger partial charge in [-0.2, -0.15) is 4.98 Å². The topological polar surface area (TPSA) is 61.8 Å². The molecule has 0 atom stereocenters. The van der Waals surface area contributed by atoms with Crippen LogP contribution in [-0.2, 0) is 0 Å². The molecule has 4 nitrogen and oxygen atoms in total. The van der Waals surface area contributed by atoms with Gasteiger partial charge in [0, 0.05) is 5.69 Å². The van der Waals surface area contributed by atoms with Crippen LogP contribution in [0.1, 0.15) is 0 Å². The Hall–Kier alpha value is -2.01. The number of hydrogen-bond donors (Lipinski definition) is 3. The van der Waals surface area contributed by atoms with Crippen LogP contribution in [0.4, 0.5) is 0 Å². The monoisotopic (exact) mass is 243 g/mol. The molecule has 0 radical (unpaired) electrons. The molecule has 2 N–H and O–H groups in total. The second-order valence-corrected chi connectivity index (χ2v) is 4.06. The molecule has 0 fully saturated rings. The summed E-state index contributed by atoms with van der Waals surface area (Å²) < 4.78 is 0. The van der Waals surface area contributed by atoms with E-state index in [1.165, 1.54) is 0 Å². The molecule has 3 rings (SSSR count). The molecular weight excluding hydrogens is 234 g/mol. The maximum atomic E-state index is 9.68. The number of aromatic hydroxyl groups is 1. The van der Waals surface area contributed by atoms with E-state index < -0.39 is 0 Å². The second kappa shape index (κ2) is 3.78. The second-order valence-electron chi connectivity index (χ2n) is 3.66. The summed E-state index contributed by atoms with van der Waals surface area (Å²) in [6.07, 6.45) is 0. The molecule has 0 aliphatic carbocycles. The van der Waals surface area contributed by atoms with Crippen molar-refractivity contribution in [3.8, 4) is 17.1 Å². The van der Waals surface area contributed by atoms with Gasteiger partial charge >= 0.3 is 0 Å². The molecule has 0 aliphatic rings. The number of nitrogens with one attached hydrogen (secondary N) is 1. The lowest BCUT2D eigenvalue weighted by Gasteiger charge is -1.95. The number of fused-ring (bicyclic) bond motifs is 1. The smallest absolute Gasteiger partial charge is 0.240 e. The van der Waals surface area contributed by atoms with Crippen LogP contribution in [0.15, 0.2) is 41.6 Å². The molecule has 0 unspecified atom stereocenters. The van der Waals surface area contributed by atoms with Gasteiger partial charge < -0.3 is 10.1 Å². The largest absolute Gasteiger partial charge is 0.492 e. The van der Waals surface area contributed by atoms with E-state index in [4.69, 9.17) is 0 Å². The number of benzene rings is 1. The molecule has 0 spiro atoms. The maximum Gasteiger partial charge on any atom is 0.240 e. The number of hydrogen-bond acceptors (Lipinski definition) is 4. The van der Waals surface area contributed by atoms with Gasteiger partial charge in [-0.3, -0.25) is 0 Å². The van der Waals surface area contributed by atoms with E-state index in [9.17, 15) is 5.11 Å². The zero-order valence-corrected chi connectivity index (χ0v) is 9.65. The van der Waals surface area contributed by atoms with Crippen molar-refractivity contribution in [1.29, 1.82) is 0 Å². The Balaban J connectivity index is 2.24. The van der Waals surface area contributed by atoms with Crippen molar-refractivity contribution < 1.29 is 5.11 Å². The predicted molar refractivity (Wildman–Crippen MR) is 68.2 cm³/mol. The van der Waals surface area contributed by atoms with Gasteiger partial charge in [0.05, 0.1) is 5.52 Å². The first-order chi connectivity index (χ1) is 8.24. The van der Waals surface area contributed by atoms with Crippen LogP contribution in [0.3, 0.4) is 0 Å². The maximum absolute atomic E-state index is 9.68. The molecule has 0 aliphatic heterocycles. The summed E-state index contributed by atoms with van der Waals surface area (Å²) in [5.41, 5.74) is 3.11. The van der Waals surface area contributed by atoms with Crippen molar-refractivity contribution in [2.24, 2.45) is 0 Å². The van der Waals surface area contributed by atoms with Gasteiger partial charge in [-0.05, 0) is 11.6 Å². The van der Waals surface area contributed by atoms with Crippen molar-refractivity contribution in [3.05, 3.63) is 36.4 Å². The van der Waals surface area contributed by atoms with E-state index in [-0.39, 0.29) is 11.0 Å². The molecule has 0 saturated heterocycles. The van der Waals surface area contributed by atoms with Gasteiger partial charge in [0.15, 0.2) is 5.16 Å². The zero-order chi connectivity index (χ0) is 11.8. The minimum absolute atomic E-state index is 0.0813. The van der Waals surface area contributed by atoms with Crippen LogP contribution in [-0.4, -0.2) is 20.1 Å². The van der Waals surface area contributed by atoms with Crippen LogP contribution in [0, 0.1) is 0 Å². The Labute approximate surface area is 103 Å². The number of rotatable bonds is 1. The molecule has 17 heavy (non-hydrogen) atoms. The number of aromatic nitrogens is 3. The molecule has 2 aromatic heterocycles. The summed E-state index contributed by atoms with van der Waals surface area (Å²) in [7, 11) is 0. The summed E-state index contributed by atoms with van der Waals surface area (Å²) in [6.45, 7) is 0. The molecule has 1 aromatic carbocycles. The van der Waals surface area contributed by atoms with Gasteiger partial charge in [0.2, 0.25) is 5.88 Å². The Bertz CT molecular complexity index is 679. The highest BCUT2D eigenvalue weighted by Gasteiger charge is 2.09. The van der Waals surface area contributed by atoms with E-state index in [1.807, 2.05) is 36.4 Å². The normalized spacial score (nSPS) is 10.9. The highest BCUT2D eigenvalue weighted by molar-refractivity contribution is 7.80. The third-order valence-electron chi connectivity index (χ3n) is 2.53. The molecule has 0 amide bonds. The molecule has 2 heterocycles. The number of thiol groups is 1. The first-order valence-corrected chi connectivity index (χ1v) is 5.53. The number of H-pyrrole nitrogens is 1. The molecular formula is C12H9N3OS. The average molecular weight is 243 g/mol. The van der Waals surface area contributed by atoms with E-state index in [2.05, 4.69) is 27.6 Å². The summed E-state index contributed by atoms with van der Waals surface area (Å²) in [5.74, 6) is -0.0813. The third-order valence-corrected chi connectivity index (χ3v) is 2.73. The zero-order valence-electron chi connectivity index (χ0n) is 8.75. The summed E-state index contributed by atoms with van der Waals surface area (Å²) in [5, 5.41) is 9.94. The summed E-state index contributed by atoms with van der Waals surface area (Å²) in [4.78, 5) is 11.0. The fourth-order valence-corrected chi connectivity index (χ4v) is 1.96. The SMILES string of the molecule is Oc1nc(S)nc2cc(-c3ccccc3)[nH]c12. The fourth-order valence-electron chi connectivity index (χ4n) is 1.76. The molecule has 0 bridgehead atoms. The minimum atomic E-state index is -0.0813. The lowest BCUT2D eigenvalue weighted by molar-refractivity contribution is 0.452.